The number of amides is 2. The van der Waals surface area contributed by atoms with E-state index in [1.165, 1.54) is 19.2 Å². The summed E-state index contributed by atoms with van der Waals surface area (Å²) < 4.78 is 16.1. The van der Waals surface area contributed by atoms with Crippen LogP contribution in [0.5, 0.6) is 11.5 Å². The molecule has 0 spiro atoms. The number of cyclic esters (lactones) is 1. The molecule has 7 heteroatoms. The molecular formula is C15H18N2O5. The average Bonchev–Trinajstić information content (AvgIpc) is 2.65. The van der Waals surface area contributed by atoms with Crippen molar-refractivity contribution in [2.45, 2.75) is 31.9 Å². The normalized spacial score (nSPS) is 25.0. The van der Waals surface area contributed by atoms with Crippen LogP contribution in [0.2, 0.25) is 0 Å². The van der Waals surface area contributed by atoms with E-state index in [9.17, 15) is 9.59 Å². The molecule has 0 aliphatic carbocycles. The van der Waals surface area contributed by atoms with Crippen molar-refractivity contribution in [3.63, 3.8) is 0 Å². The predicted molar refractivity (Wildman–Crippen MR) is 76.8 cm³/mol. The van der Waals surface area contributed by atoms with Crippen molar-refractivity contribution in [3.8, 4) is 11.5 Å². The van der Waals surface area contributed by atoms with Crippen molar-refractivity contribution in [2.75, 3.05) is 14.2 Å². The van der Waals surface area contributed by atoms with Gasteiger partial charge in [-0.05, 0) is 26.8 Å². The third-order valence-electron chi connectivity index (χ3n) is 4.62. The van der Waals surface area contributed by atoms with Crippen LogP contribution in [0.1, 0.15) is 36.7 Å². The lowest BCUT2D eigenvalue weighted by molar-refractivity contribution is 0.00610. The Bertz CT molecular complexity index is 685. The number of rotatable bonds is 2. The quantitative estimate of drug-likeness (QED) is 0.901. The fraction of sp³-hybridized carbons (Fsp3) is 0.467. The predicted octanol–water partition coefficient (Wildman–Crippen LogP) is 1.81. The molecule has 7 nitrogen and oxygen atoms in total. The number of carbonyl (C=O) groups excluding carboxylic acids is 2. The molecule has 1 saturated heterocycles. The van der Waals surface area contributed by atoms with Gasteiger partial charge in [-0.1, -0.05) is 0 Å². The zero-order valence-electron chi connectivity index (χ0n) is 13.1. The third kappa shape index (κ3) is 1.56. The summed E-state index contributed by atoms with van der Waals surface area (Å²) in [5, 5.41) is 1.23. The number of hydrazine groups is 1. The number of ether oxygens (including phenoxy) is 3. The van der Waals surface area contributed by atoms with E-state index in [0.717, 1.165) is 0 Å². The average molecular weight is 306 g/mol. The summed E-state index contributed by atoms with van der Waals surface area (Å²) in [6.07, 6.45) is -0.593. The fourth-order valence-corrected chi connectivity index (χ4v) is 3.10. The first-order chi connectivity index (χ1) is 10.3. The van der Waals surface area contributed by atoms with Crippen LogP contribution >= 0.6 is 0 Å². The van der Waals surface area contributed by atoms with Gasteiger partial charge in [0.05, 0.1) is 19.8 Å². The van der Waals surface area contributed by atoms with E-state index in [4.69, 9.17) is 14.2 Å². The van der Waals surface area contributed by atoms with E-state index in [1.807, 2.05) is 6.92 Å². The highest BCUT2D eigenvalue weighted by Gasteiger charge is 2.63. The molecule has 1 unspecified atom stereocenters. The third-order valence-corrected chi connectivity index (χ3v) is 4.62. The molecule has 0 bridgehead atoms. The standard InChI is InChI=1S/C15H18N2O5/c1-14(2)15(3)11-9(6-8(20-4)7-10(11)21-5)12(18)16-17(15)13(19)22-14/h6-7H,1-5H3,(H,16,18). The van der Waals surface area contributed by atoms with Crippen LogP contribution < -0.4 is 14.9 Å². The maximum Gasteiger partial charge on any atom is 0.430 e. The summed E-state index contributed by atoms with van der Waals surface area (Å²) in [6.45, 7) is 5.44. The zero-order chi connectivity index (χ0) is 16.3. The van der Waals surface area contributed by atoms with Crippen molar-refractivity contribution in [1.29, 1.82) is 0 Å². The SMILES string of the molecule is COc1cc(OC)c2c(c1)C(=O)NN1C(=O)OC(C)(C)C21C. The van der Waals surface area contributed by atoms with Gasteiger partial charge in [0.25, 0.3) is 5.91 Å². The largest absolute Gasteiger partial charge is 0.497 e. The van der Waals surface area contributed by atoms with Crippen molar-refractivity contribution in [2.24, 2.45) is 0 Å². The molecule has 22 heavy (non-hydrogen) atoms. The Morgan fingerprint density at radius 1 is 1.14 bits per heavy atom. The van der Waals surface area contributed by atoms with Crippen LogP contribution in [0.4, 0.5) is 4.79 Å². The lowest BCUT2D eigenvalue weighted by atomic mass is 9.74. The number of hydrogen-bond donors (Lipinski definition) is 1. The minimum atomic E-state index is -0.898. The number of benzene rings is 1. The number of carbonyl (C=O) groups is 2. The van der Waals surface area contributed by atoms with Gasteiger partial charge in [-0.15, -0.1) is 0 Å². The first-order valence-electron chi connectivity index (χ1n) is 6.87. The number of methoxy groups -OCH3 is 2. The Morgan fingerprint density at radius 3 is 2.41 bits per heavy atom. The topological polar surface area (TPSA) is 77.1 Å². The van der Waals surface area contributed by atoms with Gasteiger partial charge in [0.15, 0.2) is 0 Å². The van der Waals surface area contributed by atoms with E-state index in [1.54, 1.807) is 26.0 Å². The molecule has 1 aromatic carbocycles. The molecule has 2 heterocycles. The zero-order valence-corrected chi connectivity index (χ0v) is 13.1. The summed E-state index contributed by atoms with van der Waals surface area (Å²) in [5.41, 5.74) is 1.85. The molecule has 1 aromatic rings. The van der Waals surface area contributed by atoms with E-state index < -0.39 is 23.1 Å². The minimum absolute atomic E-state index is 0.403. The highest BCUT2D eigenvalue weighted by molar-refractivity contribution is 6.00. The van der Waals surface area contributed by atoms with E-state index in [-0.39, 0.29) is 0 Å². The molecule has 0 aromatic heterocycles. The maximum absolute atomic E-state index is 12.4. The lowest BCUT2D eigenvalue weighted by Crippen LogP contribution is -2.61. The molecule has 1 atom stereocenters. The Kier molecular flexibility index (Phi) is 2.82. The second kappa shape index (κ2) is 4.28. The van der Waals surface area contributed by atoms with Crippen molar-refractivity contribution in [1.82, 2.24) is 10.4 Å². The first kappa shape index (κ1) is 14.5. The highest BCUT2D eigenvalue weighted by Crippen LogP contribution is 2.52. The van der Waals surface area contributed by atoms with Crippen molar-refractivity contribution in [3.05, 3.63) is 23.3 Å². The Morgan fingerprint density at radius 2 is 1.82 bits per heavy atom. The van der Waals surface area contributed by atoms with Gasteiger partial charge in [0.1, 0.15) is 22.6 Å². The van der Waals surface area contributed by atoms with Crippen LogP contribution in [-0.4, -0.2) is 36.8 Å². The second-order valence-electron chi connectivity index (χ2n) is 5.98. The highest BCUT2D eigenvalue weighted by atomic mass is 16.6. The summed E-state index contributed by atoms with van der Waals surface area (Å²) in [7, 11) is 3.03. The summed E-state index contributed by atoms with van der Waals surface area (Å²) in [6, 6.07) is 3.33. The number of fused-ring (bicyclic) bond motifs is 3. The van der Waals surface area contributed by atoms with E-state index in [2.05, 4.69) is 5.43 Å². The maximum atomic E-state index is 12.4. The van der Waals surface area contributed by atoms with Gasteiger partial charge in [0, 0.05) is 11.6 Å². The Balaban J connectivity index is 2.35. The van der Waals surface area contributed by atoms with E-state index >= 15 is 0 Å². The molecule has 0 radical (unpaired) electrons. The molecule has 2 amide bonds. The minimum Gasteiger partial charge on any atom is -0.497 e. The molecule has 1 N–H and O–H groups in total. The van der Waals surface area contributed by atoms with Crippen LogP contribution in [0.3, 0.4) is 0 Å². The van der Waals surface area contributed by atoms with Crippen molar-refractivity contribution < 1.29 is 23.8 Å². The number of nitrogens with zero attached hydrogens (tertiary/aromatic N) is 1. The van der Waals surface area contributed by atoms with Gasteiger partial charge in [-0.2, -0.15) is 0 Å². The molecule has 2 aliphatic heterocycles. The summed E-state index contributed by atoms with van der Waals surface area (Å²) in [5.74, 6) is 0.577. The summed E-state index contributed by atoms with van der Waals surface area (Å²) >= 11 is 0. The summed E-state index contributed by atoms with van der Waals surface area (Å²) in [4.78, 5) is 24.5. The fourth-order valence-electron chi connectivity index (χ4n) is 3.10. The second-order valence-corrected chi connectivity index (χ2v) is 5.98. The molecule has 118 valence electrons. The molecule has 3 rings (SSSR count). The smallest absolute Gasteiger partial charge is 0.430 e. The monoisotopic (exact) mass is 306 g/mol. The van der Waals surface area contributed by atoms with Gasteiger partial charge >= 0.3 is 6.09 Å². The first-order valence-corrected chi connectivity index (χ1v) is 6.87. The molecule has 0 saturated carbocycles. The van der Waals surface area contributed by atoms with Crippen molar-refractivity contribution >= 4 is 12.0 Å². The molecule has 2 aliphatic rings. The van der Waals surface area contributed by atoms with Crippen LogP contribution in [0.15, 0.2) is 12.1 Å². The van der Waals surface area contributed by atoms with Crippen LogP contribution in [-0.2, 0) is 10.3 Å². The van der Waals surface area contributed by atoms with Gasteiger partial charge < -0.3 is 14.2 Å². The lowest BCUT2D eigenvalue weighted by Gasteiger charge is -2.44. The molecular weight excluding hydrogens is 288 g/mol. The Labute approximate surface area is 128 Å². The van der Waals surface area contributed by atoms with Gasteiger partial charge in [-0.25, -0.2) is 9.80 Å². The van der Waals surface area contributed by atoms with Gasteiger partial charge in [-0.3, -0.25) is 10.2 Å². The van der Waals surface area contributed by atoms with Crippen LogP contribution in [0, 0.1) is 0 Å². The number of hydrogen-bond acceptors (Lipinski definition) is 5. The van der Waals surface area contributed by atoms with Crippen LogP contribution in [0.25, 0.3) is 0 Å². The molecule has 1 fully saturated rings. The number of nitrogens with one attached hydrogen (secondary N) is 1. The van der Waals surface area contributed by atoms with Gasteiger partial charge in [0.2, 0.25) is 0 Å². The van der Waals surface area contributed by atoms with E-state index in [0.29, 0.717) is 22.6 Å². The Hall–Kier alpha value is -2.44.